The van der Waals surface area contributed by atoms with E-state index in [1.54, 1.807) is 19.2 Å². The van der Waals surface area contributed by atoms with Gasteiger partial charge in [0.15, 0.2) is 11.5 Å². The van der Waals surface area contributed by atoms with E-state index in [0.717, 1.165) is 71.6 Å². The summed E-state index contributed by atoms with van der Waals surface area (Å²) in [7, 11) is 1.73. The van der Waals surface area contributed by atoms with Gasteiger partial charge >= 0.3 is 0 Å². The van der Waals surface area contributed by atoms with Gasteiger partial charge in [0.25, 0.3) is 18.2 Å². The summed E-state index contributed by atoms with van der Waals surface area (Å²) in [5.41, 5.74) is 8.57. The molecule has 34 heteroatoms. The second-order valence-electron chi connectivity index (χ2n) is 24.0. The molecule has 12 unspecified atom stereocenters. The summed E-state index contributed by atoms with van der Waals surface area (Å²) in [6, 6.07) is 13.5. The number of aromatic hydroxyl groups is 1. The second kappa shape index (κ2) is 31.8. The second-order valence-corrected chi connectivity index (χ2v) is 25.8. The van der Waals surface area contributed by atoms with Crippen LogP contribution in [0, 0.1) is 5.92 Å². The molecule has 5 heterocycles. The van der Waals surface area contributed by atoms with E-state index in [2.05, 4.69) is 51.1 Å². The van der Waals surface area contributed by atoms with Gasteiger partial charge in [-0.25, -0.2) is 5.26 Å². The summed E-state index contributed by atoms with van der Waals surface area (Å²) in [4.78, 5) is 118. The number of benzene rings is 4. The van der Waals surface area contributed by atoms with Crippen molar-refractivity contribution in [3.05, 3.63) is 113 Å². The lowest BCUT2D eigenvalue weighted by atomic mass is 9.84. The molecule has 1 aromatic heterocycles. The van der Waals surface area contributed by atoms with Crippen molar-refractivity contribution in [2.75, 3.05) is 44.7 Å². The Kier molecular flexibility index (Phi) is 23.9. The number of β-amino-alcohol motifs (C(OH)–C–C–N with tert-alkyl or cyclic N) is 1. The number of phenolic OH excluding ortho intramolecular Hbond substituents is 1. The van der Waals surface area contributed by atoms with Crippen molar-refractivity contribution in [1.29, 1.82) is 0 Å². The molecular weight excluding hydrogens is 1320 g/mol. The highest BCUT2D eigenvalue weighted by Crippen LogP contribution is 2.39. The zero-order chi connectivity index (χ0) is 69.3. The van der Waals surface area contributed by atoms with Crippen molar-refractivity contribution in [1.82, 2.24) is 46.6 Å². The standard InChI is InChI=1S/C62H74ClN11O20S2/c1-30-28-74-51(52(30)82)57(87)65-27-39(76)24-41(66-53(83)33-5-7-34(8-6-33)58-70-71-59(95-58)35-9-15-38(16-10-35)72-20-18-62(91-3,19-21-72)36-11-13-37(63)14-12-36)54(84)67-48(31(2)75)60(88)73-29-40(77)25-42(73)55(85)68-49(56(86)69-50(61(74)89)45(80)26-47(64)81)44(79)22-32-4-17-43(78)46(23-32)92-96-94-93-90/h4-17,23,30-31,39-42,44-45,48-52,75-80,82,90H,18-22,24-29H2,1-3H3,(H2,64,81)(H,65,87)(H,66,83)(H,67,84)(H,68,85)(H,69,86)/t30?,31?,39?,40?,41-,42?,44?,45?,48?,49?,50?,51?,52?/m0/s1. The number of nitrogens with zero attached hydrogens (tertiary/aromatic N) is 5. The van der Waals surface area contributed by atoms with Gasteiger partial charge in [0.05, 0.1) is 48.6 Å². The summed E-state index contributed by atoms with van der Waals surface area (Å²) in [6.07, 6.45) is -12.1. The minimum Gasteiger partial charge on any atom is -0.504 e. The average molecular weight is 1390 g/mol. The molecule has 0 bridgehead atoms. The molecule has 0 aliphatic carbocycles. The lowest BCUT2D eigenvalue weighted by Gasteiger charge is -2.42. The van der Waals surface area contributed by atoms with E-state index in [0.29, 0.717) is 20.6 Å². The zero-order valence-corrected chi connectivity index (χ0v) is 54.3. The maximum absolute atomic E-state index is 14.7. The van der Waals surface area contributed by atoms with Crippen molar-refractivity contribution in [3.8, 4) is 32.6 Å². The van der Waals surface area contributed by atoms with E-state index in [4.69, 9.17) is 31.5 Å². The normalized spacial score (nSPS) is 25.6. The minimum atomic E-state index is -2.22. The molecular formula is C62H74ClN11O20S2. The number of methoxy groups -OCH3 is 1. The van der Waals surface area contributed by atoms with Crippen LogP contribution in [0.5, 0.6) is 11.5 Å². The van der Waals surface area contributed by atoms with Crippen molar-refractivity contribution in [2.24, 2.45) is 11.7 Å². The molecule has 4 aliphatic rings. The van der Waals surface area contributed by atoms with Crippen molar-refractivity contribution < 1.29 is 97.7 Å². The molecule has 4 fully saturated rings. The largest absolute Gasteiger partial charge is 0.504 e. The Balaban J connectivity index is 0.958. The number of hydrogen-bond donors (Lipinski definition) is 14. The van der Waals surface area contributed by atoms with Gasteiger partial charge in [-0.05, 0) is 91.6 Å². The molecule has 5 aromatic rings. The van der Waals surface area contributed by atoms with Gasteiger partial charge in [-0.15, -0.1) is 10.2 Å². The first-order valence-corrected chi connectivity index (χ1v) is 32.4. The van der Waals surface area contributed by atoms with E-state index in [9.17, 15) is 74.1 Å². The number of anilines is 1. The third-order valence-corrected chi connectivity index (χ3v) is 19.1. The number of halogens is 1. The van der Waals surface area contributed by atoms with Crippen LogP contribution >= 0.6 is 35.3 Å². The number of nitrogens with one attached hydrogen (secondary N) is 5. The number of fused-ring (bicyclic) bond motifs is 2. The van der Waals surface area contributed by atoms with Crippen LogP contribution in [0.1, 0.15) is 67.4 Å². The molecule has 31 nitrogen and oxygen atoms in total. The van der Waals surface area contributed by atoms with Gasteiger partial charge in [0, 0.05) is 92.4 Å². The Morgan fingerprint density at radius 2 is 1.41 bits per heavy atom. The van der Waals surface area contributed by atoms with Crippen LogP contribution < -0.4 is 41.4 Å². The lowest BCUT2D eigenvalue weighted by molar-refractivity contribution is -0.433. The topological polar surface area (TPSA) is 457 Å². The molecule has 0 spiro atoms. The summed E-state index contributed by atoms with van der Waals surface area (Å²) in [6.45, 7) is 2.36. The van der Waals surface area contributed by atoms with E-state index < -0.39 is 183 Å². The predicted octanol–water partition coefficient (Wildman–Crippen LogP) is -0.440. The van der Waals surface area contributed by atoms with Gasteiger partial charge in [0.1, 0.15) is 46.3 Å². The number of primary amides is 1. The number of piperidine rings is 1. The molecule has 0 radical (unpaired) electrons. The minimum absolute atomic E-state index is 0.000678. The number of rotatable bonds is 18. The van der Waals surface area contributed by atoms with Gasteiger partial charge in [-0.2, -0.15) is 0 Å². The van der Waals surface area contributed by atoms with E-state index in [1.165, 1.54) is 36.5 Å². The van der Waals surface area contributed by atoms with Gasteiger partial charge in [-0.1, -0.05) is 69.6 Å². The number of aromatic nitrogens is 2. The highest BCUT2D eigenvalue weighted by Gasteiger charge is 2.50. The maximum Gasteiger partial charge on any atom is 0.261 e. The molecule has 4 aromatic carbocycles. The molecule has 96 heavy (non-hydrogen) atoms. The Morgan fingerprint density at radius 3 is 2.03 bits per heavy atom. The number of carbonyl (C=O) groups is 8. The third kappa shape index (κ3) is 17.0. The first-order chi connectivity index (χ1) is 45.8. The van der Waals surface area contributed by atoms with Crippen LogP contribution in [0.15, 0.2) is 91.0 Å². The van der Waals surface area contributed by atoms with Gasteiger partial charge < -0.3 is 91.7 Å². The van der Waals surface area contributed by atoms with E-state index in [-0.39, 0.29) is 29.2 Å². The first-order valence-electron chi connectivity index (χ1n) is 30.5. The van der Waals surface area contributed by atoms with Crippen LogP contribution in [-0.4, -0.2) is 221 Å². The summed E-state index contributed by atoms with van der Waals surface area (Å²) in [5, 5.41) is 113. The number of amides is 8. The molecule has 9 rings (SSSR count). The third-order valence-electron chi connectivity index (χ3n) is 17.4. The Bertz CT molecular complexity index is 3610. The quantitative estimate of drug-likeness (QED) is 0.0229. The van der Waals surface area contributed by atoms with Crippen LogP contribution in [-0.2, 0) is 59.7 Å². The average Bonchev–Trinajstić information content (AvgIpc) is 1.52. The Hall–Kier alpha value is -8.16. The number of phenols is 1. The van der Waals surface area contributed by atoms with Crippen LogP contribution in [0.25, 0.3) is 21.1 Å². The highest BCUT2D eigenvalue weighted by molar-refractivity contribution is 7.90. The van der Waals surface area contributed by atoms with Crippen LogP contribution in [0.4, 0.5) is 5.69 Å². The predicted molar refractivity (Wildman–Crippen MR) is 342 cm³/mol. The molecule has 0 saturated carbocycles. The lowest BCUT2D eigenvalue weighted by Crippen LogP contribution is -2.64. The van der Waals surface area contributed by atoms with E-state index in [1.807, 2.05) is 48.5 Å². The van der Waals surface area contributed by atoms with Crippen molar-refractivity contribution >= 4 is 88.2 Å². The fourth-order valence-corrected chi connectivity index (χ4v) is 13.4. The number of aliphatic hydroxyl groups excluding tert-OH is 6. The maximum atomic E-state index is 14.7. The van der Waals surface area contributed by atoms with Crippen molar-refractivity contribution in [2.45, 2.75) is 131 Å². The number of ether oxygens (including phenoxy) is 1. The van der Waals surface area contributed by atoms with Crippen LogP contribution in [0.2, 0.25) is 5.02 Å². The Labute approximate surface area is 562 Å². The molecule has 15 N–H and O–H groups in total. The summed E-state index contributed by atoms with van der Waals surface area (Å²) in [5.74, 6) is -11.1. The van der Waals surface area contributed by atoms with Crippen LogP contribution in [0.3, 0.4) is 0 Å². The van der Waals surface area contributed by atoms with Gasteiger partial charge in [-0.3, -0.25) is 38.4 Å². The fraction of sp³-hybridized carbons (Fsp3) is 0.452. The first kappa shape index (κ1) is 72.1. The monoisotopic (exact) mass is 1390 g/mol. The number of hydrogen-bond acceptors (Lipinski definition) is 25. The fourth-order valence-electron chi connectivity index (χ4n) is 12.2. The number of carbonyl (C=O) groups excluding carboxylic acids is 8. The molecule has 516 valence electrons. The molecule has 13 atom stereocenters. The Morgan fingerprint density at radius 1 is 0.781 bits per heavy atom. The molecule has 8 amide bonds. The zero-order valence-electron chi connectivity index (χ0n) is 51.9. The smallest absolute Gasteiger partial charge is 0.261 e. The van der Waals surface area contributed by atoms with E-state index >= 15 is 0 Å². The number of aliphatic hydroxyl groups is 6. The number of nitrogens with two attached hydrogens (primary N) is 1. The summed E-state index contributed by atoms with van der Waals surface area (Å²) < 4.78 is 15.4. The molecule has 4 saturated heterocycles. The van der Waals surface area contributed by atoms with Gasteiger partial charge in [0.2, 0.25) is 41.4 Å². The molecule has 4 aliphatic heterocycles. The highest BCUT2D eigenvalue weighted by atomic mass is 35.5. The van der Waals surface area contributed by atoms with Crippen molar-refractivity contribution in [3.63, 3.8) is 0 Å². The SMILES string of the molecule is COC1(c2ccc(Cl)cc2)CCN(c2ccc(-c3nnc(-c4ccc(C(=O)N[C@H]5CC(O)CNC(=O)C6C(O)C(C)CN6C(=O)C(C(O)CC(N)=O)NC(=O)C(C(O)Cc6ccc(O)c(OSOOO)c6)NC(=O)C6CC(O)CN6C(=O)C(C(C)O)NC5=O)cc4)s3)cc2)CC1. The summed E-state index contributed by atoms with van der Waals surface area (Å²) >= 11 is 7.52.